The first-order valence-electron chi connectivity index (χ1n) is 9.26. The fourth-order valence-electron chi connectivity index (χ4n) is 2.83. The van der Waals surface area contributed by atoms with E-state index in [1.807, 2.05) is 30.3 Å². The number of aromatic nitrogens is 2. The molecule has 1 atom stereocenters. The van der Waals surface area contributed by atoms with Gasteiger partial charge in [0.1, 0.15) is 6.42 Å². The third kappa shape index (κ3) is 5.86. The van der Waals surface area contributed by atoms with Crippen LogP contribution in [0.5, 0.6) is 0 Å². The van der Waals surface area contributed by atoms with E-state index in [0.29, 0.717) is 16.0 Å². The maximum Gasteiger partial charge on any atom is 0.313 e. The van der Waals surface area contributed by atoms with Gasteiger partial charge in [0.25, 0.3) is 0 Å². The van der Waals surface area contributed by atoms with E-state index in [0.717, 1.165) is 28.8 Å². The van der Waals surface area contributed by atoms with Gasteiger partial charge in [-0.25, -0.2) is 0 Å². The van der Waals surface area contributed by atoms with Crippen LogP contribution in [0.15, 0.2) is 34.7 Å². The van der Waals surface area contributed by atoms with E-state index in [1.165, 1.54) is 0 Å². The van der Waals surface area contributed by atoms with Crippen LogP contribution in [0.2, 0.25) is 0 Å². The number of hydrogen-bond donors (Lipinski definition) is 1. The Morgan fingerprint density at radius 3 is 2.77 bits per heavy atom. The molecule has 0 aliphatic carbocycles. The van der Waals surface area contributed by atoms with Crippen LogP contribution in [0.4, 0.5) is 10.8 Å². The van der Waals surface area contributed by atoms with Gasteiger partial charge in [-0.05, 0) is 19.1 Å². The summed E-state index contributed by atoms with van der Waals surface area (Å²) in [6.45, 7) is 2.21. The van der Waals surface area contributed by atoms with Gasteiger partial charge in [-0.2, -0.15) is 0 Å². The Hall–Kier alpha value is -2.79. The van der Waals surface area contributed by atoms with E-state index in [4.69, 9.17) is 4.74 Å². The van der Waals surface area contributed by atoms with Crippen molar-refractivity contribution in [3.8, 4) is 0 Å². The first-order valence-corrected chi connectivity index (χ1v) is 11.1. The number of carbonyl (C=O) groups excluding carboxylic acids is 4. The van der Waals surface area contributed by atoms with Crippen LogP contribution >= 0.6 is 23.1 Å². The lowest BCUT2D eigenvalue weighted by molar-refractivity contribution is -0.145. The zero-order valence-electron chi connectivity index (χ0n) is 16.2. The van der Waals surface area contributed by atoms with Crippen molar-refractivity contribution in [3.63, 3.8) is 0 Å². The number of nitrogens with one attached hydrogen (secondary N) is 1. The fourth-order valence-corrected chi connectivity index (χ4v) is 4.45. The average Bonchev–Trinajstić information content (AvgIpc) is 3.33. The number of thioether (sulfide) groups is 1. The van der Waals surface area contributed by atoms with Gasteiger partial charge in [0.05, 0.1) is 18.3 Å². The molecule has 0 saturated carbocycles. The smallest absolute Gasteiger partial charge is 0.313 e. The number of rotatable bonds is 9. The zero-order valence-corrected chi connectivity index (χ0v) is 17.8. The fraction of sp³-hybridized carbons (Fsp3) is 0.368. The first-order chi connectivity index (χ1) is 14.5. The molecule has 9 nitrogen and oxygen atoms in total. The molecule has 1 aromatic heterocycles. The lowest BCUT2D eigenvalue weighted by Gasteiger charge is -2.16. The quantitative estimate of drug-likeness (QED) is 0.268. The van der Waals surface area contributed by atoms with Crippen LogP contribution in [0.25, 0.3) is 0 Å². The zero-order chi connectivity index (χ0) is 21.5. The third-order valence-corrected chi connectivity index (χ3v) is 6.24. The van der Waals surface area contributed by atoms with Crippen molar-refractivity contribution >= 4 is 57.5 Å². The summed E-state index contributed by atoms with van der Waals surface area (Å²) in [6.07, 6.45) is -0.152. The highest BCUT2D eigenvalue weighted by atomic mass is 32.2. The summed E-state index contributed by atoms with van der Waals surface area (Å²) in [7, 11) is 0. The van der Waals surface area contributed by atoms with Crippen molar-refractivity contribution in [2.45, 2.75) is 24.1 Å². The van der Waals surface area contributed by atoms with Gasteiger partial charge in [0, 0.05) is 18.7 Å². The second kappa shape index (κ2) is 10.3. The van der Waals surface area contributed by atoms with E-state index < -0.39 is 11.9 Å². The molecule has 1 aromatic carbocycles. The van der Waals surface area contributed by atoms with E-state index in [1.54, 1.807) is 11.8 Å². The summed E-state index contributed by atoms with van der Waals surface area (Å²) < 4.78 is 5.23. The Labute approximate surface area is 181 Å². The molecule has 11 heteroatoms. The minimum atomic E-state index is -0.552. The maximum atomic E-state index is 12.5. The SMILES string of the molecule is CCOC(=O)CC(=O)CSc1nnc(NC(=O)C2CC(=O)N(c3ccccc3)C2)s1. The van der Waals surface area contributed by atoms with Gasteiger partial charge in [-0.3, -0.25) is 19.2 Å². The molecule has 0 bridgehead atoms. The normalized spacial score (nSPS) is 15.8. The summed E-state index contributed by atoms with van der Waals surface area (Å²) in [5, 5.41) is 10.8. The molecule has 1 aliphatic rings. The molecule has 2 heterocycles. The highest BCUT2D eigenvalue weighted by Crippen LogP contribution is 2.28. The molecule has 158 valence electrons. The number of ether oxygens (including phenoxy) is 1. The molecule has 0 radical (unpaired) electrons. The number of benzene rings is 1. The molecule has 0 spiro atoms. The van der Waals surface area contributed by atoms with E-state index >= 15 is 0 Å². The van der Waals surface area contributed by atoms with Gasteiger partial charge in [0.2, 0.25) is 16.9 Å². The molecule has 3 rings (SSSR count). The highest BCUT2D eigenvalue weighted by molar-refractivity contribution is 8.01. The third-order valence-electron chi connectivity index (χ3n) is 4.20. The van der Waals surface area contributed by atoms with E-state index in [2.05, 4.69) is 15.5 Å². The predicted molar refractivity (Wildman–Crippen MR) is 112 cm³/mol. The van der Waals surface area contributed by atoms with Gasteiger partial charge in [0.15, 0.2) is 10.1 Å². The van der Waals surface area contributed by atoms with Gasteiger partial charge < -0.3 is 15.0 Å². The number of nitrogens with zero attached hydrogens (tertiary/aromatic N) is 3. The van der Waals surface area contributed by atoms with Gasteiger partial charge in [-0.1, -0.05) is 41.3 Å². The van der Waals surface area contributed by atoms with Crippen LogP contribution in [0.1, 0.15) is 19.8 Å². The average molecular weight is 449 g/mol. The van der Waals surface area contributed by atoms with Crippen molar-refractivity contribution in [3.05, 3.63) is 30.3 Å². The topological polar surface area (TPSA) is 119 Å². The monoisotopic (exact) mass is 448 g/mol. The summed E-state index contributed by atoms with van der Waals surface area (Å²) in [4.78, 5) is 49.5. The van der Waals surface area contributed by atoms with Crippen LogP contribution in [0, 0.1) is 5.92 Å². The summed E-state index contributed by atoms with van der Waals surface area (Å²) in [6, 6.07) is 9.21. The molecule has 2 aromatic rings. The Morgan fingerprint density at radius 2 is 2.03 bits per heavy atom. The standard InChI is InChI=1S/C19H20N4O5S2/c1-2-28-16(26)9-14(24)11-29-19-22-21-18(30-19)20-17(27)12-8-15(25)23(10-12)13-6-4-3-5-7-13/h3-7,12H,2,8-11H2,1H3,(H,20,21,27). The molecular weight excluding hydrogens is 428 g/mol. The van der Waals surface area contributed by atoms with Crippen molar-refractivity contribution in [2.24, 2.45) is 5.92 Å². The van der Waals surface area contributed by atoms with Gasteiger partial charge >= 0.3 is 5.97 Å². The molecule has 1 aliphatic heterocycles. The molecular formula is C19H20N4O5S2. The lowest BCUT2D eigenvalue weighted by Crippen LogP contribution is -2.28. The lowest BCUT2D eigenvalue weighted by atomic mass is 10.1. The molecule has 1 fully saturated rings. The van der Waals surface area contributed by atoms with Crippen LogP contribution in [-0.4, -0.2) is 52.7 Å². The summed E-state index contributed by atoms with van der Waals surface area (Å²) in [5.41, 5.74) is 0.764. The first kappa shape index (κ1) is 21.9. The van der Waals surface area contributed by atoms with Crippen molar-refractivity contribution in [2.75, 3.05) is 29.1 Å². The molecule has 30 heavy (non-hydrogen) atoms. The number of carbonyl (C=O) groups is 4. The molecule has 2 amide bonds. The number of amides is 2. The number of para-hydroxylation sites is 1. The Kier molecular flexibility index (Phi) is 7.52. The largest absolute Gasteiger partial charge is 0.466 e. The van der Waals surface area contributed by atoms with Crippen LogP contribution in [0.3, 0.4) is 0 Å². The summed E-state index contributed by atoms with van der Waals surface area (Å²) in [5.74, 6) is -1.65. The number of ketones is 1. The van der Waals surface area contributed by atoms with Crippen LogP contribution < -0.4 is 10.2 Å². The number of hydrogen-bond acceptors (Lipinski definition) is 9. The predicted octanol–water partition coefficient (Wildman–Crippen LogP) is 2.14. The van der Waals surface area contributed by atoms with Crippen LogP contribution in [-0.2, 0) is 23.9 Å². The Morgan fingerprint density at radius 1 is 1.27 bits per heavy atom. The van der Waals surface area contributed by atoms with E-state index in [9.17, 15) is 19.2 Å². The van der Waals surface area contributed by atoms with Crippen molar-refractivity contribution in [1.82, 2.24) is 10.2 Å². The highest BCUT2D eigenvalue weighted by Gasteiger charge is 2.35. The molecule has 1 saturated heterocycles. The number of esters is 1. The number of anilines is 2. The molecule has 1 unspecified atom stereocenters. The van der Waals surface area contributed by atoms with E-state index in [-0.39, 0.29) is 42.8 Å². The second-order valence-corrected chi connectivity index (χ2v) is 8.61. The minimum Gasteiger partial charge on any atom is -0.466 e. The summed E-state index contributed by atoms with van der Waals surface area (Å²) >= 11 is 2.27. The number of Topliss-reactive ketones (excluding diaryl/α,β-unsaturated/α-hetero) is 1. The Bertz CT molecular complexity index is 934. The Balaban J connectivity index is 1.49. The minimum absolute atomic E-state index is 0.0601. The molecule has 1 N–H and O–H groups in total. The van der Waals surface area contributed by atoms with Gasteiger partial charge in [-0.15, -0.1) is 10.2 Å². The van der Waals surface area contributed by atoms with Crippen molar-refractivity contribution < 1.29 is 23.9 Å². The van der Waals surface area contributed by atoms with Crippen molar-refractivity contribution in [1.29, 1.82) is 0 Å². The second-order valence-electron chi connectivity index (χ2n) is 6.41. The maximum absolute atomic E-state index is 12.5.